The summed E-state index contributed by atoms with van der Waals surface area (Å²) >= 11 is 0. The zero-order chi connectivity index (χ0) is 17.8. The molecule has 2 saturated heterocycles. The molecule has 156 valence electrons. The Bertz CT molecular complexity index is 480. The van der Waals surface area contributed by atoms with Gasteiger partial charge in [0.05, 0.1) is 18.8 Å². The second-order valence-electron chi connectivity index (χ2n) is 8.90. The molecule has 0 aromatic carbocycles. The smallest absolute Gasteiger partial charge is 0.193 e. The molecule has 2 heterocycles. The van der Waals surface area contributed by atoms with Gasteiger partial charge in [0, 0.05) is 33.3 Å². The molecule has 6 heteroatoms. The molecule has 2 aliphatic carbocycles. The summed E-state index contributed by atoms with van der Waals surface area (Å²) in [4.78, 5) is 6.99. The molecule has 1 N–H and O–H groups in total. The maximum Gasteiger partial charge on any atom is 0.193 e. The summed E-state index contributed by atoms with van der Waals surface area (Å²) in [7, 11) is 1.93. The molecule has 4 aliphatic rings. The van der Waals surface area contributed by atoms with Gasteiger partial charge in [-0.05, 0) is 69.1 Å². The number of aliphatic imine (C=N–C) groups is 1. The first-order chi connectivity index (χ1) is 12.8. The van der Waals surface area contributed by atoms with Crippen LogP contribution in [-0.4, -0.2) is 63.0 Å². The average molecular weight is 491 g/mol. The molecular weight excluding hydrogens is 453 g/mol. The van der Waals surface area contributed by atoms with Crippen LogP contribution in [0.3, 0.4) is 0 Å². The number of piperidine rings is 1. The number of nitrogens with one attached hydrogen (secondary N) is 1. The molecule has 1 unspecified atom stereocenters. The predicted octanol–water partition coefficient (Wildman–Crippen LogP) is 3.81. The molecule has 0 aromatic rings. The van der Waals surface area contributed by atoms with Crippen molar-refractivity contribution in [3.05, 3.63) is 0 Å². The Balaban J connectivity index is 0.00000210. The summed E-state index contributed by atoms with van der Waals surface area (Å²) in [5.41, 5.74) is 0.595. The van der Waals surface area contributed by atoms with E-state index in [9.17, 15) is 0 Å². The van der Waals surface area contributed by atoms with Gasteiger partial charge in [-0.1, -0.05) is 6.42 Å². The maximum absolute atomic E-state index is 6.15. The van der Waals surface area contributed by atoms with Crippen molar-refractivity contribution in [2.45, 2.75) is 76.4 Å². The van der Waals surface area contributed by atoms with Crippen LogP contribution in [0.5, 0.6) is 0 Å². The fourth-order valence-corrected chi connectivity index (χ4v) is 5.06. The third kappa shape index (κ3) is 5.50. The van der Waals surface area contributed by atoms with Crippen molar-refractivity contribution >= 4 is 29.9 Å². The first kappa shape index (κ1) is 21.6. The van der Waals surface area contributed by atoms with E-state index in [-0.39, 0.29) is 24.0 Å². The molecule has 0 amide bonds. The molecule has 0 aromatic heterocycles. The number of hydrogen-bond acceptors (Lipinski definition) is 3. The molecule has 0 radical (unpaired) electrons. The van der Waals surface area contributed by atoms with Gasteiger partial charge in [0.25, 0.3) is 0 Å². The third-order valence-electron chi connectivity index (χ3n) is 7.14. The van der Waals surface area contributed by atoms with Gasteiger partial charge in [-0.15, -0.1) is 24.0 Å². The second kappa shape index (κ2) is 10.1. The minimum atomic E-state index is 0. The average Bonchev–Trinajstić information content (AvgIpc) is 3.49. The van der Waals surface area contributed by atoms with Crippen LogP contribution in [0.25, 0.3) is 0 Å². The third-order valence-corrected chi connectivity index (χ3v) is 7.14. The van der Waals surface area contributed by atoms with Crippen LogP contribution in [0.15, 0.2) is 4.99 Å². The van der Waals surface area contributed by atoms with Crippen LogP contribution in [0.4, 0.5) is 0 Å². The molecule has 2 saturated carbocycles. The van der Waals surface area contributed by atoms with E-state index in [1.165, 1.54) is 44.9 Å². The molecule has 27 heavy (non-hydrogen) atoms. The van der Waals surface area contributed by atoms with Crippen LogP contribution >= 0.6 is 24.0 Å². The Kier molecular flexibility index (Phi) is 8.09. The van der Waals surface area contributed by atoms with Crippen LogP contribution < -0.4 is 5.32 Å². The van der Waals surface area contributed by atoms with Crippen molar-refractivity contribution in [3.63, 3.8) is 0 Å². The van der Waals surface area contributed by atoms with Crippen molar-refractivity contribution in [1.82, 2.24) is 10.2 Å². The quantitative estimate of drug-likeness (QED) is 0.349. The molecule has 4 fully saturated rings. The lowest BCUT2D eigenvalue weighted by molar-refractivity contribution is -0.0721. The molecule has 2 aliphatic heterocycles. The highest BCUT2D eigenvalue weighted by Gasteiger charge is 2.48. The SMILES string of the molecule is CN=C(NCC1(C2CC2)CCC1)N1CCC(OCC2CCCCO2)CC1.I. The summed E-state index contributed by atoms with van der Waals surface area (Å²) in [6.45, 7) is 4.91. The maximum atomic E-state index is 6.15. The zero-order valence-electron chi connectivity index (χ0n) is 17.0. The Morgan fingerprint density at radius 3 is 2.44 bits per heavy atom. The standard InChI is InChI=1S/C21H37N3O2.HI/c1-22-20(23-16-21(10-4-11-21)17-6-7-17)24-12-8-18(9-13-24)26-15-19-5-2-3-14-25-19;/h17-19H,2-16H2,1H3,(H,22,23);1H. The normalized spacial score (nSPS) is 29.0. The fraction of sp³-hybridized carbons (Fsp3) is 0.952. The number of guanidine groups is 1. The monoisotopic (exact) mass is 491 g/mol. The van der Waals surface area contributed by atoms with Gasteiger partial charge in [0.1, 0.15) is 0 Å². The minimum Gasteiger partial charge on any atom is -0.376 e. The first-order valence-electron chi connectivity index (χ1n) is 11.0. The lowest BCUT2D eigenvalue weighted by Gasteiger charge is -2.44. The Labute approximate surface area is 182 Å². The van der Waals surface area contributed by atoms with E-state index >= 15 is 0 Å². The van der Waals surface area contributed by atoms with Gasteiger partial charge in [-0.3, -0.25) is 4.99 Å². The summed E-state index contributed by atoms with van der Waals surface area (Å²) in [5.74, 6) is 2.09. The van der Waals surface area contributed by atoms with Crippen molar-refractivity contribution < 1.29 is 9.47 Å². The summed E-state index contributed by atoms with van der Waals surface area (Å²) in [6.07, 6.45) is 13.7. The van der Waals surface area contributed by atoms with E-state index in [2.05, 4.69) is 15.2 Å². The number of hydrogen-bond donors (Lipinski definition) is 1. The van der Waals surface area contributed by atoms with Gasteiger partial charge in [-0.2, -0.15) is 0 Å². The van der Waals surface area contributed by atoms with Crippen LogP contribution in [0.2, 0.25) is 0 Å². The second-order valence-corrected chi connectivity index (χ2v) is 8.90. The highest BCUT2D eigenvalue weighted by Crippen LogP contribution is 2.56. The van der Waals surface area contributed by atoms with Gasteiger partial charge in [-0.25, -0.2) is 0 Å². The first-order valence-corrected chi connectivity index (χ1v) is 11.0. The van der Waals surface area contributed by atoms with E-state index in [1.54, 1.807) is 0 Å². The molecule has 0 spiro atoms. The van der Waals surface area contributed by atoms with Crippen molar-refractivity contribution in [1.29, 1.82) is 0 Å². The van der Waals surface area contributed by atoms with Crippen LogP contribution in [0, 0.1) is 11.3 Å². The Morgan fingerprint density at radius 1 is 1.11 bits per heavy atom. The van der Waals surface area contributed by atoms with E-state index < -0.39 is 0 Å². The topological polar surface area (TPSA) is 46.1 Å². The number of ether oxygens (including phenoxy) is 2. The summed E-state index contributed by atoms with van der Waals surface area (Å²) in [5, 5.41) is 3.72. The largest absolute Gasteiger partial charge is 0.376 e. The van der Waals surface area contributed by atoms with Crippen LogP contribution in [-0.2, 0) is 9.47 Å². The minimum absolute atomic E-state index is 0. The Morgan fingerprint density at radius 2 is 1.89 bits per heavy atom. The lowest BCUT2D eigenvalue weighted by atomic mass is 9.65. The number of halogens is 1. The zero-order valence-corrected chi connectivity index (χ0v) is 19.3. The van der Waals surface area contributed by atoms with E-state index in [0.29, 0.717) is 17.6 Å². The number of nitrogens with zero attached hydrogens (tertiary/aromatic N) is 2. The molecule has 4 rings (SSSR count). The van der Waals surface area contributed by atoms with Crippen molar-refractivity contribution in [2.75, 3.05) is 39.9 Å². The van der Waals surface area contributed by atoms with E-state index in [4.69, 9.17) is 9.47 Å². The summed E-state index contributed by atoms with van der Waals surface area (Å²) in [6, 6.07) is 0. The molecular formula is C21H38IN3O2. The lowest BCUT2D eigenvalue weighted by Crippen LogP contribution is -2.51. The predicted molar refractivity (Wildman–Crippen MR) is 120 cm³/mol. The number of rotatable bonds is 6. The van der Waals surface area contributed by atoms with E-state index in [0.717, 1.165) is 64.0 Å². The molecule has 0 bridgehead atoms. The number of likely N-dealkylation sites (tertiary alicyclic amines) is 1. The highest BCUT2D eigenvalue weighted by atomic mass is 127. The highest BCUT2D eigenvalue weighted by molar-refractivity contribution is 14.0. The van der Waals surface area contributed by atoms with Crippen LogP contribution in [0.1, 0.15) is 64.2 Å². The Hall–Kier alpha value is -0.0800. The van der Waals surface area contributed by atoms with Crippen molar-refractivity contribution in [3.8, 4) is 0 Å². The summed E-state index contributed by atoms with van der Waals surface area (Å²) < 4.78 is 11.9. The molecule has 1 atom stereocenters. The van der Waals surface area contributed by atoms with Gasteiger partial charge >= 0.3 is 0 Å². The van der Waals surface area contributed by atoms with Gasteiger partial charge < -0.3 is 19.7 Å². The fourth-order valence-electron chi connectivity index (χ4n) is 5.06. The van der Waals surface area contributed by atoms with Crippen molar-refractivity contribution in [2.24, 2.45) is 16.3 Å². The van der Waals surface area contributed by atoms with Gasteiger partial charge in [0.15, 0.2) is 5.96 Å². The van der Waals surface area contributed by atoms with Gasteiger partial charge in [0.2, 0.25) is 0 Å². The molecule has 5 nitrogen and oxygen atoms in total. The van der Waals surface area contributed by atoms with E-state index in [1.807, 2.05) is 7.05 Å².